The molecule has 0 atom stereocenters. The first-order chi connectivity index (χ1) is 16.7. The summed E-state index contributed by atoms with van der Waals surface area (Å²) in [6.45, 7) is 4.46. The average Bonchev–Trinajstić information content (AvgIpc) is 2.82. The van der Waals surface area contributed by atoms with Crippen molar-refractivity contribution in [2.75, 3.05) is 13.2 Å². The lowest BCUT2D eigenvalue weighted by molar-refractivity contribution is -0.123. The Kier molecular flexibility index (Phi) is 9.88. The standard InChI is InChI=1S/C25H25Br2N3O4S/c1-15(2)11-12-33-20-6-4-3-5-19(20)24(32)28-25(35)30-29-22(31)14-34-21-10-7-16-13-17(26)8-9-18(16)23(21)27/h3-10,13,15H,11-12,14H2,1-2H3,(H,29,31)(H2,28,30,32,35). The van der Waals surface area contributed by atoms with E-state index in [1.54, 1.807) is 30.3 Å². The number of nitrogens with one attached hydrogen (secondary N) is 3. The molecule has 0 heterocycles. The van der Waals surface area contributed by atoms with Crippen molar-refractivity contribution in [3.63, 3.8) is 0 Å². The molecule has 0 unspecified atom stereocenters. The van der Waals surface area contributed by atoms with Crippen molar-refractivity contribution in [3.05, 3.63) is 69.1 Å². The van der Waals surface area contributed by atoms with E-state index in [0.29, 0.717) is 29.6 Å². The van der Waals surface area contributed by atoms with E-state index in [-0.39, 0.29) is 11.7 Å². The molecule has 3 N–H and O–H groups in total. The van der Waals surface area contributed by atoms with Crippen molar-refractivity contribution in [3.8, 4) is 11.5 Å². The van der Waals surface area contributed by atoms with E-state index in [1.807, 2.05) is 24.3 Å². The number of hydrazine groups is 1. The second-order valence-corrected chi connectivity index (χ2v) is 10.1. The monoisotopic (exact) mass is 621 g/mol. The number of halogens is 2. The topological polar surface area (TPSA) is 88.7 Å². The highest BCUT2D eigenvalue weighted by Crippen LogP contribution is 2.34. The fraction of sp³-hybridized carbons (Fsp3) is 0.240. The van der Waals surface area contributed by atoms with Crippen LogP contribution in [-0.2, 0) is 4.79 Å². The quantitative estimate of drug-likeness (QED) is 0.227. The second kappa shape index (κ2) is 12.9. The van der Waals surface area contributed by atoms with Gasteiger partial charge < -0.3 is 9.47 Å². The highest BCUT2D eigenvalue weighted by molar-refractivity contribution is 9.11. The van der Waals surface area contributed by atoms with Crippen LogP contribution in [0.3, 0.4) is 0 Å². The summed E-state index contributed by atoms with van der Waals surface area (Å²) in [4.78, 5) is 24.8. The molecule has 0 radical (unpaired) electrons. The number of benzene rings is 3. The Morgan fingerprint density at radius 2 is 1.74 bits per heavy atom. The Morgan fingerprint density at radius 1 is 0.971 bits per heavy atom. The minimum atomic E-state index is -0.471. The zero-order valence-electron chi connectivity index (χ0n) is 19.2. The molecular weight excluding hydrogens is 598 g/mol. The zero-order chi connectivity index (χ0) is 25.4. The molecule has 0 spiro atoms. The average molecular weight is 623 g/mol. The first-order valence-corrected chi connectivity index (χ1v) is 12.9. The Hall–Kier alpha value is -2.69. The third-order valence-corrected chi connectivity index (χ3v) is 6.38. The van der Waals surface area contributed by atoms with Crippen LogP contribution < -0.4 is 25.6 Å². The van der Waals surface area contributed by atoms with Crippen molar-refractivity contribution in [1.82, 2.24) is 16.2 Å². The SMILES string of the molecule is CC(C)CCOc1ccccc1C(=O)NC(=S)NNC(=O)COc1ccc2cc(Br)ccc2c1Br. The Morgan fingerprint density at radius 3 is 2.51 bits per heavy atom. The van der Waals surface area contributed by atoms with E-state index >= 15 is 0 Å². The van der Waals surface area contributed by atoms with Crippen LogP contribution in [0, 0.1) is 5.92 Å². The fourth-order valence-electron chi connectivity index (χ4n) is 3.05. The van der Waals surface area contributed by atoms with Gasteiger partial charge in [0.05, 0.1) is 16.6 Å². The summed E-state index contributed by atoms with van der Waals surface area (Å²) in [7, 11) is 0. The predicted octanol–water partition coefficient (Wildman–Crippen LogP) is 5.50. The first kappa shape index (κ1) is 26.9. The normalized spacial score (nSPS) is 10.7. The Balaban J connectivity index is 1.48. The number of amides is 2. The number of hydrogen-bond donors (Lipinski definition) is 3. The van der Waals surface area contributed by atoms with Gasteiger partial charge in [0.2, 0.25) is 0 Å². The van der Waals surface area contributed by atoms with Gasteiger partial charge >= 0.3 is 0 Å². The van der Waals surface area contributed by atoms with E-state index in [2.05, 4.69) is 61.9 Å². The largest absolute Gasteiger partial charge is 0.493 e. The summed E-state index contributed by atoms with van der Waals surface area (Å²) in [6.07, 6.45) is 0.873. The molecular formula is C25H25Br2N3O4S. The van der Waals surface area contributed by atoms with E-state index in [9.17, 15) is 9.59 Å². The maximum atomic E-state index is 12.6. The van der Waals surface area contributed by atoms with Crippen molar-refractivity contribution in [2.24, 2.45) is 5.92 Å². The second-order valence-electron chi connectivity index (χ2n) is 8.02. The van der Waals surface area contributed by atoms with Crippen LogP contribution in [0.5, 0.6) is 11.5 Å². The van der Waals surface area contributed by atoms with E-state index in [0.717, 1.165) is 26.1 Å². The number of carbonyl (C=O) groups excluding carboxylic acids is 2. The van der Waals surface area contributed by atoms with E-state index in [4.69, 9.17) is 21.7 Å². The maximum absolute atomic E-state index is 12.6. The number of thiocarbonyl (C=S) groups is 1. The van der Waals surface area contributed by atoms with Crippen LogP contribution in [0.1, 0.15) is 30.6 Å². The van der Waals surface area contributed by atoms with Gasteiger partial charge in [-0.3, -0.25) is 25.8 Å². The summed E-state index contributed by atoms with van der Waals surface area (Å²) < 4.78 is 13.1. The van der Waals surface area contributed by atoms with Crippen molar-refractivity contribution in [2.45, 2.75) is 20.3 Å². The molecule has 0 bridgehead atoms. The lowest BCUT2D eigenvalue weighted by atomic mass is 10.1. The van der Waals surface area contributed by atoms with Gasteiger partial charge in [0.15, 0.2) is 11.7 Å². The minimum Gasteiger partial charge on any atom is -0.493 e. The van der Waals surface area contributed by atoms with Gasteiger partial charge in [0, 0.05) is 4.47 Å². The van der Waals surface area contributed by atoms with Gasteiger partial charge in [-0.2, -0.15) is 0 Å². The molecule has 0 aliphatic rings. The van der Waals surface area contributed by atoms with Crippen LogP contribution in [0.25, 0.3) is 10.8 Å². The highest BCUT2D eigenvalue weighted by atomic mass is 79.9. The minimum absolute atomic E-state index is 0.0576. The Bertz CT molecular complexity index is 1240. The third-order valence-electron chi connectivity index (χ3n) is 4.87. The molecule has 0 saturated carbocycles. The predicted molar refractivity (Wildman–Crippen MR) is 148 cm³/mol. The van der Waals surface area contributed by atoms with Crippen LogP contribution in [0.4, 0.5) is 0 Å². The van der Waals surface area contributed by atoms with Crippen molar-refractivity contribution >= 4 is 71.8 Å². The lowest BCUT2D eigenvalue weighted by Crippen LogP contribution is -2.49. The fourth-order valence-corrected chi connectivity index (χ4v) is 4.18. The summed E-state index contributed by atoms with van der Waals surface area (Å²) in [6, 6.07) is 16.5. The number of carbonyl (C=O) groups is 2. The molecule has 184 valence electrons. The van der Waals surface area contributed by atoms with Gasteiger partial charge in [0.25, 0.3) is 11.8 Å². The first-order valence-electron chi connectivity index (χ1n) is 10.9. The zero-order valence-corrected chi connectivity index (χ0v) is 23.2. The van der Waals surface area contributed by atoms with Gasteiger partial charge in [-0.25, -0.2) is 0 Å². The number of rotatable bonds is 8. The van der Waals surface area contributed by atoms with Crippen LogP contribution >= 0.6 is 44.1 Å². The summed E-state index contributed by atoms with van der Waals surface area (Å²) in [5, 5.41) is 4.46. The molecule has 10 heteroatoms. The molecule has 7 nitrogen and oxygen atoms in total. The van der Waals surface area contributed by atoms with E-state index in [1.165, 1.54) is 0 Å². The summed E-state index contributed by atoms with van der Waals surface area (Å²) >= 11 is 12.1. The Labute approximate surface area is 226 Å². The van der Waals surface area contributed by atoms with Crippen LogP contribution in [-0.4, -0.2) is 30.1 Å². The maximum Gasteiger partial charge on any atom is 0.276 e. The van der Waals surface area contributed by atoms with Crippen LogP contribution in [0.15, 0.2) is 63.5 Å². The molecule has 0 fully saturated rings. The van der Waals surface area contributed by atoms with Gasteiger partial charge in [-0.05, 0) is 81.6 Å². The molecule has 2 amide bonds. The van der Waals surface area contributed by atoms with Gasteiger partial charge in [-0.15, -0.1) is 0 Å². The number of ether oxygens (including phenoxy) is 2. The molecule has 0 saturated heterocycles. The van der Waals surface area contributed by atoms with Crippen molar-refractivity contribution in [1.29, 1.82) is 0 Å². The smallest absolute Gasteiger partial charge is 0.276 e. The molecule has 0 aliphatic carbocycles. The molecule has 0 aliphatic heterocycles. The molecule has 0 aromatic heterocycles. The lowest BCUT2D eigenvalue weighted by Gasteiger charge is -2.14. The van der Waals surface area contributed by atoms with E-state index < -0.39 is 11.8 Å². The third kappa shape index (κ3) is 7.91. The van der Waals surface area contributed by atoms with Gasteiger partial charge in [0.1, 0.15) is 11.5 Å². The number of para-hydroxylation sites is 1. The van der Waals surface area contributed by atoms with Crippen LogP contribution in [0.2, 0.25) is 0 Å². The summed E-state index contributed by atoms with van der Waals surface area (Å²) in [5.74, 6) is 0.575. The summed E-state index contributed by atoms with van der Waals surface area (Å²) in [5.41, 5.74) is 5.27. The molecule has 3 rings (SSSR count). The molecule has 35 heavy (non-hydrogen) atoms. The molecule has 3 aromatic rings. The highest BCUT2D eigenvalue weighted by Gasteiger charge is 2.14. The number of hydrogen-bond acceptors (Lipinski definition) is 5. The molecule has 3 aromatic carbocycles. The van der Waals surface area contributed by atoms with Gasteiger partial charge in [-0.1, -0.05) is 54.0 Å². The number of fused-ring (bicyclic) bond motifs is 1. The van der Waals surface area contributed by atoms with Crippen molar-refractivity contribution < 1.29 is 19.1 Å².